The number of morpholine rings is 1. The molecule has 0 aromatic carbocycles. The lowest BCUT2D eigenvalue weighted by Crippen LogP contribution is -2.64. The molecule has 0 bridgehead atoms. The average molecular weight is 326 g/mol. The first-order chi connectivity index (χ1) is 10.8. The number of ether oxygens (including phenoxy) is 2. The van der Waals surface area contributed by atoms with Crippen LogP contribution in [-0.2, 0) is 14.3 Å². The molecule has 0 saturated carbocycles. The predicted molar refractivity (Wildman–Crippen MR) is 82.2 cm³/mol. The van der Waals surface area contributed by atoms with E-state index in [9.17, 15) is 14.7 Å². The number of hydrogen-bond donors (Lipinski definition) is 1. The van der Waals surface area contributed by atoms with Gasteiger partial charge in [-0.05, 0) is 40.0 Å². The predicted octanol–water partition coefficient (Wildman–Crippen LogP) is 1.31. The maximum absolute atomic E-state index is 12.5. The highest BCUT2D eigenvalue weighted by Gasteiger charge is 2.49. The molecule has 3 aliphatic rings. The molecule has 23 heavy (non-hydrogen) atoms. The summed E-state index contributed by atoms with van der Waals surface area (Å²) in [6.07, 6.45) is 1.99. The van der Waals surface area contributed by atoms with Crippen LogP contribution in [0.1, 0.15) is 40.0 Å². The number of fused-ring (bicyclic) bond motifs is 2. The van der Waals surface area contributed by atoms with Crippen molar-refractivity contribution in [1.82, 2.24) is 9.80 Å². The summed E-state index contributed by atoms with van der Waals surface area (Å²) in [5, 5.41) is 9.40. The quantitative estimate of drug-likeness (QED) is 0.783. The first-order valence-electron chi connectivity index (χ1n) is 8.36. The number of piperidine rings is 1. The molecule has 0 aromatic heterocycles. The molecule has 7 heteroatoms. The van der Waals surface area contributed by atoms with Gasteiger partial charge < -0.3 is 14.6 Å². The Hall–Kier alpha value is -1.34. The van der Waals surface area contributed by atoms with E-state index >= 15 is 0 Å². The van der Waals surface area contributed by atoms with Gasteiger partial charge in [0, 0.05) is 19.1 Å². The van der Waals surface area contributed by atoms with Gasteiger partial charge in [-0.3, -0.25) is 14.6 Å². The Labute approximate surface area is 136 Å². The third kappa shape index (κ3) is 3.30. The number of hydrogen-bond acceptors (Lipinski definition) is 5. The summed E-state index contributed by atoms with van der Waals surface area (Å²) in [4.78, 5) is 27.7. The fourth-order valence-corrected chi connectivity index (χ4v) is 3.98. The molecule has 0 spiro atoms. The third-order valence-corrected chi connectivity index (χ3v) is 4.95. The van der Waals surface area contributed by atoms with Crippen LogP contribution in [0.5, 0.6) is 0 Å². The number of nitrogens with zero attached hydrogens (tertiary/aromatic N) is 2. The standard InChI is InChI=1S/C16H26N2O5/c1-16(2,3)23-15(21)17-6-7-22-13-8-10-4-5-11(14(19)20)18(10)9-12(13)17/h10-13H,4-9H2,1-3H3,(H,19,20). The molecular formula is C16H26N2O5. The van der Waals surface area contributed by atoms with E-state index in [0.717, 1.165) is 12.8 Å². The van der Waals surface area contributed by atoms with Crippen molar-refractivity contribution >= 4 is 12.1 Å². The zero-order chi connectivity index (χ0) is 16.8. The largest absolute Gasteiger partial charge is 0.480 e. The smallest absolute Gasteiger partial charge is 0.410 e. The van der Waals surface area contributed by atoms with Crippen LogP contribution in [-0.4, -0.2) is 76.5 Å². The molecule has 3 heterocycles. The van der Waals surface area contributed by atoms with Gasteiger partial charge in [0.2, 0.25) is 0 Å². The van der Waals surface area contributed by atoms with Crippen molar-refractivity contribution in [3.63, 3.8) is 0 Å². The first kappa shape index (κ1) is 16.5. The van der Waals surface area contributed by atoms with Gasteiger partial charge in [-0.1, -0.05) is 0 Å². The first-order valence-corrected chi connectivity index (χ1v) is 8.36. The Kier molecular flexibility index (Phi) is 4.27. The van der Waals surface area contributed by atoms with Gasteiger partial charge in [-0.2, -0.15) is 0 Å². The normalized spacial score (nSPS) is 34.7. The lowest BCUT2D eigenvalue weighted by atomic mass is 9.93. The van der Waals surface area contributed by atoms with Crippen LogP contribution in [0.3, 0.4) is 0 Å². The molecule has 0 aromatic rings. The van der Waals surface area contributed by atoms with Gasteiger partial charge in [0.1, 0.15) is 11.6 Å². The number of rotatable bonds is 1. The Bertz CT molecular complexity index is 489. The summed E-state index contributed by atoms with van der Waals surface area (Å²) in [6, 6.07) is -0.325. The molecule has 3 aliphatic heterocycles. The van der Waals surface area contributed by atoms with Crippen molar-refractivity contribution in [2.75, 3.05) is 19.7 Å². The highest BCUT2D eigenvalue weighted by atomic mass is 16.6. The molecule has 4 unspecified atom stereocenters. The second-order valence-electron chi connectivity index (χ2n) is 7.67. The van der Waals surface area contributed by atoms with E-state index in [2.05, 4.69) is 0 Å². The van der Waals surface area contributed by atoms with E-state index in [-0.39, 0.29) is 24.3 Å². The van der Waals surface area contributed by atoms with E-state index in [1.807, 2.05) is 25.7 Å². The molecular weight excluding hydrogens is 300 g/mol. The molecule has 130 valence electrons. The van der Waals surface area contributed by atoms with Crippen LogP contribution < -0.4 is 0 Å². The van der Waals surface area contributed by atoms with Gasteiger partial charge in [0.15, 0.2) is 0 Å². The van der Waals surface area contributed by atoms with E-state index in [4.69, 9.17) is 9.47 Å². The zero-order valence-electron chi connectivity index (χ0n) is 14.0. The van der Waals surface area contributed by atoms with Crippen LogP contribution in [0.15, 0.2) is 0 Å². The van der Waals surface area contributed by atoms with E-state index in [1.54, 1.807) is 4.90 Å². The topological polar surface area (TPSA) is 79.3 Å². The average Bonchev–Trinajstić information content (AvgIpc) is 2.85. The molecule has 0 aliphatic carbocycles. The number of carboxylic acids is 1. The highest BCUT2D eigenvalue weighted by Crippen LogP contribution is 2.36. The fraction of sp³-hybridized carbons (Fsp3) is 0.875. The van der Waals surface area contributed by atoms with Crippen molar-refractivity contribution in [2.24, 2.45) is 0 Å². The van der Waals surface area contributed by atoms with Crippen molar-refractivity contribution in [3.05, 3.63) is 0 Å². The lowest BCUT2D eigenvalue weighted by Gasteiger charge is -2.49. The minimum absolute atomic E-state index is 0.0231. The van der Waals surface area contributed by atoms with Crippen LogP contribution in [0.25, 0.3) is 0 Å². The maximum Gasteiger partial charge on any atom is 0.410 e. The Morgan fingerprint density at radius 1 is 1.26 bits per heavy atom. The molecule has 7 nitrogen and oxygen atoms in total. The summed E-state index contributed by atoms with van der Waals surface area (Å²) in [5.41, 5.74) is -0.542. The van der Waals surface area contributed by atoms with Gasteiger partial charge in [-0.15, -0.1) is 0 Å². The van der Waals surface area contributed by atoms with Gasteiger partial charge in [-0.25, -0.2) is 4.79 Å². The van der Waals surface area contributed by atoms with Crippen molar-refractivity contribution in [2.45, 2.75) is 69.9 Å². The van der Waals surface area contributed by atoms with Gasteiger partial charge in [0.05, 0.1) is 18.8 Å². The second-order valence-corrected chi connectivity index (χ2v) is 7.67. The molecule has 0 radical (unpaired) electrons. The monoisotopic (exact) mass is 326 g/mol. The molecule has 3 saturated heterocycles. The highest BCUT2D eigenvalue weighted by molar-refractivity contribution is 5.74. The number of carbonyl (C=O) groups excluding carboxylic acids is 1. The van der Waals surface area contributed by atoms with Crippen LogP contribution in [0.2, 0.25) is 0 Å². The maximum atomic E-state index is 12.5. The Morgan fingerprint density at radius 3 is 2.65 bits per heavy atom. The third-order valence-electron chi connectivity index (χ3n) is 4.95. The van der Waals surface area contributed by atoms with Crippen LogP contribution in [0, 0.1) is 0 Å². The van der Waals surface area contributed by atoms with Crippen molar-refractivity contribution in [1.29, 1.82) is 0 Å². The van der Waals surface area contributed by atoms with Crippen molar-refractivity contribution in [3.8, 4) is 0 Å². The minimum atomic E-state index is -0.772. The summed E-state index contributed by atoms with van der Waals surface area (Å²) < 4.78 is 11.4. The van der Waals surface area contributed by atoms with Gasteiger partial charge >= 0.3 is 12.1 Å². The summed E-state index contributed by atoms with van der Waals surface area (Å²) in [6.45, 7) is 7.09. The zero-order valence-corrected chi connectivity index (χ0v) is 14.0. The van der Waals surface area contributed by atoms with Crippen molar-refractivity contribution < 1.29 is 24.2 Å². The molecule has 1 amide bonds. The number of aliphatic carboxylic acids is 1. The number of carbonyl (C=O) groups is 2. The van der Waals surface area contributed by atoms with Crippen LogP contribution >= 0.6 is 0 Å². The Balaban J connectivity index is 1.75. The summed E-state index contributed by atoms with van der Waals surface area (Å²) in [5.74, 6) is -0.772. The molecule has 3 rings (SSSR count). The van der Waals surface area contributed by atoms with Gasteiger partial charge in [0.25, 0.3) is 0 Å². The SMILES string of the molecule is CC(C)(C)OC(=O)N1CCOC2CC3CCC(C(=O)O)N3CC21. The number of amides is 1. The molecule has 3 fully saturated rings. The Morgan fingerprint density at radius 2 is 2.00 bits per heavy atom. The minimum Gasteiger partial charge on any atom is -0.480 e. The second kappa shape index (κ2) is 5.94. The van der Waals surface area contributed by atoms with E-state index in [0.29, 0.717) is 26.1 Å². The number of carboxylic acid groups (broad SMARTS) is 1. The molecule has 1 N–H and O–H groups in total. The summed E-state index contributed by atoms with van der Waals surface area (Å²) in [7, 11) is 0. The lowest BCUT2D eigenvalue weighted by molar-refractivity contribution is -0.147. The van der Waals surface area contributed by atoms with Crippen LogP contribution in [0.4, 0.5) is 4.79 Å². The molecule has 4 atom stereocenters. The van der Waals surface area contributed by atoms with E-state index < -0.39 is 17.6 Å². The fourth-order valence-electron chi connectivity index (χ4n) is 3.98. The van der Waals surface area contributed by atoms with E-state index in [1.165, 1.54) is 0 Å². The summed E-state index contributed by atoms with van der Waals surface area (Å²) >= 11 is 0.